The Kier molecular flexibility index (Phi) is 3.99. The molecule has 0 aliphatic heterocycles. The first-order chi connectivity index (χ1) is 11.3. The topological polar surface area (TPSA) is 28.4 Å². The molecule has 118 valence electrons. The minimum atomic E-state index is -0.0473. The maximum absolute atomic E-state index is 12.4. The van der Waals surface area contributed by atoms with Gasteiger partial charge in [-0.2, -0.15) is 0 Å². The van der Waals surface area contributed by atoms with Gasteiger partial charge in [0.05, 0.1) is 5.56 Å². The summed E-state index contributed by atoms with van der Waals surface area (Å²) >= 11 is 0. The minimum Gasteiger partial charge on any atom is -0.271 e. The van der Waals surface area contributed by atoms with Crippen molar-refractivity contribution in [2.45, 2.75) is 51.4 Å². The largest absolute Gasteiger partial charge is 0.583 e. The molecule has 2 heteroatoms. The lowest BCUT2D eigenvalue weighted by Crippen LogP contribution is -2.14. The second-order valence-corrected chi connectivity index (χ2v) is 6.87. The zero-order chi connectivity index (χ0) is 15.6. The van der Waals surface area contributed by atoms with Crippen molar-refractivity contribution in [2.24, 2.45) is 5.92 Å². The Hall–Kier alpha value is -1.96. The van der Waals surface area contributed by atoms with Gasteiger partial charge in [0.25, 0.3) is 5.78 Å². The van der Waals surface area contributed by atoms with Crippen molar-refractivity contribution in [1.82, 2.24) is 0 Å². The lowest BCUT2D eigenvalue weighted by atomic mass is 9.88. The maximum Gasteiger partial charge on any atom is 0.583 e. The molecule has 3 aliphatic carbocycles. The lowest BCUT2D eigenvalue weighted by Gasteiger charge is -2.15. The molecule has 2 fully saturated rings. The Labute approximate surface area is 137 Å². The van der Waals surface area contributed by atoms with E-state index in [0.29, 0.717) is 0 Å². The number of carbonyl (C=O) groups is 1. The standard InChI is InChI=1S/C21H23O2/c22-21(16-9-3-4-10-16)23-20-14-13-17(15-7-1-2-8-15)18-11-5-6-12-19(18)20/h5-6,11-14,16H,1-4,7-10H2/q+1. The van der Waals surface area contributed by atoms with Crippen molar-refractivity contribution >= 4 is 17.3 Å². The predicted octanol–water partition coefficient (Wildman–Crippen LogP) is 5.02. The van der Waals surface area contributed by atoms with Crippen LogP contribution in [-0.2, 0) is 4.79 Å². The van der Waals surface area contributed by atoms with E-state index in [-0.39, 0.29) is 11.9 Å². The fourth-order valence-electron chi connectivity index (χ4n) is 4.09. The van der Waals surface area contributed by atoms with Crippen LogP contribution in [0, 0.1) is 5.92 Å². The van der Waals surface area contributed by atoms with Crippen molar-refractivity contribution < 1.29 is 9.22 Å². The summed E-state index contributed by atoms with van der Waals surface area (Å²) in [7, 11) is 0. The molecule has 2 saturated carbocycles. The normalized spacial score (nSPS) is 22.9. The summed E-state index contributed by atoms with van der Waals surface area (Å²) < 4.78 is 5.78. The van der Waals surface area contributed by atoms with E-state index in [1.54, 1.807) is 5.57 Å². The quantitative estimate of drug-likeness (QED) is 0.670. The Bertz CT molecular complexity index is 707. The highest BCUT2D eigenvalue weighted by Crippen LogP contribution is 2.36. The summed E-state index contributed by atoms with van der Waals surface area (Å²) in [5.74, 6) is 0.770. The molecule has 0 bridgehead atoms. The van der Waals surface area contributed by atoms with E-state index < -0.39 is 0 Å². The van der Waals surface area contributed by atoms with Gasteiger partial charge in [-0.05, 0) is 61.8 Å². The number of rotatable bonds is 1. The van der Waals surface area contributed by atoms with Crippen LogP contribution in [0.4, 0.5) is 0 Å². The third-order valence-corrected chi connectivity index (χ3v) is 5.37. The molecule has 0 amide bonds. The first-order valence-electron chi connectivity index (χ1n) is 8.91. The zero-order valence-electron chi connectivity index (χ0n) is 13.5. The van der Waals surface area contributed by atoms with Gasteiger partial charge >= 0.3 is 5.97 Å². The zero-order valence-corrected chi connectivity index (χ0v) is 13.5. The van der Waals surface area contributed by atoms with Gasteiger partial charge in [0.15, 0.2) is 0 Å². The van der Waals surface area contributed by atoms with Crippen LogP contribution in [0.5, 0.6) is 0 Å². The average Bonchev–Trinajstić information content (AvgIpc) is 3.29. The molecule has 0 aromatic heterocycles. The molecule has 0 radical (unpaired) electrons. The Morgan fingerprint density at radius 3 is 2.35 bits per heavy atom. The van der Waals surface area contributed by atoms with Gasteiger partial charge in [0, 0.05) is 10.9 Å². The molecular formula is C21H23O2+. The highest BCUT2D eigenvalue weighted by molar-refractivity contribution is 6.14. The van der Waals surface area contributed by atoms with Gasteiger partial charge < -0.3 is 0 Å². The number of hydrogen-bond acceptors (Lipinski definition) is 1. The van der Waals surface area contributed by atoms with Crippen LogP contribution in [0.3, 0.4) is 0 Å². The molecule has 0 N–H and O–H groups in total. The molecule has 0 heterocycles. The third-order valence-electron chi connectivity index (χ3n) is 5.37. The number of hydrogen-bond donors (Lipinski definition) is 0. The average molecular weight is 307 g/mol. The van der Waals surface area contributed by atoms with Crippen LogP contribution in [0.2, 0.25) is 0 Å². The summed E-state index contributed by atoms with van der Waals surface area (Å²) in [6, 6.07) is 8.33. The summed E-state index contributed by atoms with van der Waals surface area (Å²) in [5, 5.41) is 0. The van der Waals surface area contributed by atoms with E-state index in [1.807, 2.05) is 12.1 Å². The van der Waals surface area contributed by atoms with Crippen molar-refractivity contribution in [3.8, 4) is 0 Å². The number of allylic oxidation sites excluding steroid dienone is 4. The third kappa shape index (κ3) is 2.83. The second kappa shape index (κ2) is 6.27. The summed E-state index contributed by atoms with van der Waals surface area (Å²) in [4.78, 5) is 12.4. The Morgan fingerprint density at radius 2 is 1.61 bits per heavy atom. The molecule has 1 aromatic carbocycles. The second-order valence-electron chi connectivity index (χ2n) is 6.87. The van der Waals surface area contributed by atoms with Crippen molar-refractivity contribution in [3.63, 3.8) is 0 Å². The number of ketones is 1. The van der Waals surface area contributed by atoms with Gasteiger partial charge in [-0.3, -0.25) is 4.42 Å². The molecule has 3 aliphatic rings. The molecule has 23 heavy (non-hydrogen) atoms. The fraction of sp³-hybridized carbons (Fsp3) is 0.429. The van der Waals surface area contributed by atoms with Gasteiger partial charge in [0.1, 0.15) is 5.92 Å². The fourth-order valence-corrected chi connectivity index (χ4v) is 4.09. The molecule has 1 aromatic rings. The summed E-state index contributed by atoms with van der Waals surface area (Å²) in [6.45, 7) is 0. The first-order valence-corrected chi connectivity index (χ1v) is 8.91. The monoisotopic (exact) mass is 307 g/mol. The molecular weight excluding hydrogens is 284 g/mol. The number of fused-ring (bicyclic) bond motifs is 1. The van der Waals surface area contributed by atoms with Gasteiger partial charge in [-0.1, -0.05) is 36.6 Å². The first kappa shape index (κ1) is 14.6. The van der Waals surface area contributed by atoms with Gasteiger partial charge in [0.2, 0.25) is 0 Å². The van der Waals surface area contributed by atoms with Crippen molar-refractivity contribution in [2.75, 3.05) is 0 Å². The van der Waals surface area contributed by atoms with E-state index in [1.165, 1.54) is 36.8 Å². The van der Waals surface area contributed by atoms with Crippen LogP contribution in [0.15, 0.2) is 42.0 Å². The van der Waals surface area contributed by atoms with E-state index in [0.717, 1.165) is 37.0 Å². The highest BCUT2D eigenvalue weighted by atomic mass is 16.5. The van der Waals surface area contributed by atoms with E-state index in [2.05, 4.69) is 24.3 Å². The van der Waals surface area contributed by atoms with Gasteiger partial charge in [-0.15, -0.1) is 0 Å². The Balaban J connectivity index is 1.72. The van der Waals surface area contributed by atoms with Crippen molar-refractivity contribution in [3.05, 3.63) is 53.1 Å². The highest BCUT2D eigenvalue weighted by Gasteiger charge is 2.34. The lowest BCUT2D eigenvalue weighted by molar-refractivity contribution is -0.250. The van der Waals surface area contributed by atoms with Crippen LogP contribution < -0.4 is 0 Å². The number of carbonyl (C=O) groups excluding carboxylic acids is 2. The molecule has 2 nitrogen and oxygen atoms in total. The molecule has 4 rings (SSSR count). The SMILES string of the molecule is O=C([O+]=C1C=CC(=C2CCCC2)c2ccccc21)C1CCCC1. The number of benzene rings is 1. The van der Waals surface area contributed by atoms with Crippen LogP contribution >= 0.6 is 0 Å². The predicted molar refractivity (Wildman–Crippen MR) is 92.3 cm³/mol. The van der Waals surface area contributed by atoms with E-state index in [4.69, 9.17) is 4.42 Å². The van der Waals surface area contributed by atoms with Gasteiger partial charge in [-0.25, -0.2) is 0 Å². The van der Waals surface area contributed by atoms with Crippen molar-refractivity contribution in [1.29, 1.82) is 0 Å². The Morgan fingerprint density at radius 1 is 0.913 bits per heavy atom. The van der Waals surface area contributed by atoms with E-state index in [9.17, 15) is 4.79 Å². The smallest absolute Gasteiger partial charge is 0.271 e. The maximum atomic E-state index is 12.4. The summed E-state index contributed by atoms with van der Waals surface area (Å²) in [6.07, 6.45) is 13.4. The van der Waals surface area contributed by atoms with Crippen LogP contribution in [0.25, 0.3) is 5.57 Å². The molecule has 0 saturated heterocycles. The van der Waals surface area contributed by atoms with E-state index >= 15 is 0 Å². The molecule has 0 unspecified atom stereocenters. The molecule has 0 spiro atoms. The van der Waals surface area contributed by atoms with Crippen LogP contribution in [-0.4, -0.2) is 11.8 Å². The van der Waals surface area contributed by atoms with Crippen LogP contribution in [0.1, 0.15) is 66.9 Å². The minimum absolute atomic E-state index is 0.0473. The molecule has 0 atom stereocenters. The summed E-state index contributed by atoms with van der Waals surface area (Å²) in [5.41, 5.74) is 5.19.